The van der Waals surface area contributed by atoms with Crippen LogP contribution in [0.25, 0.3) is 0 Å². The first kappa shape index (κ1) is 20.3. The van der Waals surface area contributed by atoms with E-state index in [4.69, 9.17) is 26.8 Å². The van der Waals surface area contributed by atoms with E-state index >= 15 is 0 Å². The second kappa shape index (κ2) is 9.59. The molecule has 0 aromatic heterocycles. The minimum absolute atomic E-state index is 0.0982. The Morgan fingerprint density at radius 2 is 1.85 bits per heavy atom. The van der Waals surface area contributed by atoms with Gasteiger partial charge in [0.05, 0.1) is 12.7 Å². The van der Waals surface area contributed by atoms with Crippen molar-refractivity contribution in [3.05, 3.63) is 64.7 Å². The summed E-state index contributed by atoms with van der Waals surface area (Å²) in [6.07, 6.45) is 0.247. The molecule has 0 bridgehead atoms. The van der Waals surface area contributed by atoms with Crippen molar-refractivity contribution in [3.8, 4) is 0 Å². The average Bonchev–Trinajstić information content (AvgIpc) is 2.65. The second-order valence-electron chi connectivity index (χ2n) is 5.64. The molecule has 2 aromatic rings. The zero-order chi connectivity index (χ0) is 19.8. The monoisotopic (exact) mass is 390 g/mol. The molecule has 3 N–H and O–H groups in total. The Morgan fingerprint density at radius 3 is 2.48 bits per heavy atom. The third kappa shape index (κ3) is 6.00. The number of rotatable bonds is 7. The van der Waals surface area contributed by atoms with E-state index in [0.29, 0.717) is 5.02 Å². The number of esters is 2. The fourth-order valence-corrected chi connectivity index (χ4v) is 2.53. The van der Waals surface area contributed by atoms with Crippen molar-refractivity contribution in [1.29, 1.82) is 0 Å². The maximum absolute atomic E-state index is 12.1. The fraction of sp³-hybridized carbons (Fsp3) is 0.211. The standard InChI is InChI=1S/C19H19ClN2O5/c1-26-19(25)16(9-12-5-3-2-4-6-12)22-17(23)11-27-18(24)14-8-7-13(20)10-15(14)21/h2-8,10,16H,9,11,21H2,1H3,(H,22,23)/t16-/m0/s1. The SMILES string of the molecule is COC(=O)[C@H](Cc1ccccc1)NC(=O)COC(=O)c1ccc(Cl)cc1N. The van der Waals surface area contributed by atoms with Gasteiger partial charge in [0, 0.05) is 17.1 Å². The van der Waals surface area contributed by atoms with Gasteiger partial charge in [-0.1, -0.05) is 41.9 Å². The number of methoxy groups -OCH3 is 1. The van der Waals surface area contributed by atoms with E-state index in [1.807, 2.05) is 30.3 Å². The van der Waals surface area contributed by atoms with Crippen LogP contribution in [0.2, 0.25) is 5.02 Å². The predicted octanol–water partition coefficient (Wildman–Crippen LogP) is 1.98. The summed E-state index contributed by atoms with van der Waals surface area (Å²) in [5.41, 5.74) is 6.79. The van der Waals surface area contributed by atoms with Crippen molar-refractivity contribution in [2.75, 3.05) is 19.5 Å². The summed E-state index contributed by atoms with van der Waals surface area (Å²) in [7, 11) is 1.23. The molecule has 2 aromatic carbocycles. The largest absolute Gasteiger partial charge is 0.467 e. The summed E-state index contributed by atoms with van der Waals surface area (Å²) in [5, 5.41) is 2.88. The third-order valence-electron chi connectivity index (χ3n) is 3.67. The number of nitrogens with two attached hydrogens (primary N) is 1. The van der Waals surface area contributed by atoms with Gasteiger partial charge >= 0.3 is 11.9 Å². The van der Waals surface area contributed by atoms with Crippen LogP contribution in [0.15, 0.2) is 48.5 Å². The van der Waals surface area contributed by atoms with E-state index in [2.05, 4.69) is 5.32 Å². The van der Waals surface area contributed by atoms with E-state index in [9.17, 15) is 14.4 Å². The van der Waals surface area contributed by atoms with Crippen LogP contribution in [0, 0.1) is 0 Å². The number of carbonyl (C=O) groups is 3. The molecule has 0 saturated carbocycles. The Labute approximate surface area is 161 Å². The number of anilines is 1. The smallest absolute Gasteiger partial charge is 0.340 e. The highest BCUT2D eigenvalue weighted by Gasteiger charge is 2.23. The topological polar surface area (TPSA) is 108 Å². The van der Waals surface area contributed by atoms with Gasteiger partial charge in [-0.3, -0.25) is 4.79 Å². The zero-order valence-corrected chi connectivity index (χ0v) is 15.4. The summed E-state index contributed by atoms with van der Waals surface area (Å²) < 4.78 is 9.67. The van der Waals surface area contributed by atoms with Crippen molar-refractivity contribution in [3.63, 3.8) is 0 Å². The highest BCUT2D eigenvalue weighted by atomic mass is 35.5. The third-order valence-corrected chi connectivity index (χ3v) is 3.91. The number of nitrogen functional groups attached to an aromatic ring is 1. The summed E-state index contributed by atoms with van der Waals surface area (Å²) in [5.74, 6) is -2.00. The molecule has 27 heavy (non-hydrogen) atoms. The minimum atomic E-state index is -0.899. The predicted molar refractivity (Wildman–Crippen MR) is 100 cm³/mol. The molecule has 8 heteroatoms. The lowest BCUT2D eigenvalue weighted by atomic mass is 10.1. The Balaban J connectivity index is 1.94. The van der Waals surface area contributed by atoms with Crippen LogP contribution < -0.4 is 11.1 Å². The Kier molecular flexibility index (Phi) is 7.19. The lowest BCUT2D eigenvalue weighted by molar-refractivity contribution is -0.145. The molecule has 0 heterocycles. The average molecular weight is 391 g/mol. The maximum Gasteiger partial charge on any atom is 0.340 e. The molecule has 142 valence electrons. The van der Waals surface area contributed by atoms with E-state index < -0.39 is 30.5 Å². The molecular weight excluding hydrogens is 372 g/mol. The summed E-state index contributed by atoms with van der Waals surface area (Å²) in [6, 6.07) is 12.5. The van der Waals surface area contributed by atoms with Gasteiger partial charge in [-0.2, -0.15) is 0 Å². The molecule has 1 atom stereocenters. The van der Waals surface area contributed by atoms with Crippen molar-refractivity contribution in [2.45, 2.75) is 12.5 Å². The molecule has 7 nitrogen and oxygen atoms in total. The number of ether oxygens (including phenoxy) is 2. The quantitative estimate of drug-likeness (QED) is 0.553. The van der Waals surface area contributed by atoms with Gasteiger partial charge in [0.15, 0.2) is 6.61 Å². The highest BCUT2D eigenvalue weighted by molar-refractivity contribution is 6.31. The number of hydrogen-bond acceptors (Lipinski definition) is 6. The van der Waals surface area contributed by atoms with Crippen LogP contribution in [-0.4, -0.2) is 37.6 Å². The number of halogens is 1. The highest BCUT2D eigenvalue weighted by Crippen LogP contribution is 2.18. The first-order chi connectivity index (χ1) is 12.9. The van der Waals surface area contributed by atoms with E-state index in [1.165, 1.54) is 25.3 Å². The normalized spacial score (nSPS) is 11.3. The number of amides is 1. The van der Waals surface area contributed by atoms with Gasteiger partial charge in [-0.25, -0.2) is 9.59 Å². The van der Waals surface area contributed by atoms with Crippen LogP contribution in [0.3, 0.4) is 0 Å². The number of carbonyl (C=O) groups excluding carboxylic acids is 3. The molecule has 0 saturated heterocycles. The second-order valence-corrected chi connectivity index (χ2v) is 6.08. The Bertz CT molecular complexity index is 826. The van der Waals surface area contributed by atoms with Crippen LogP contribution >= 0.6 is 11.6 Å². The van der Waals surface area contributed by atoms with Crippen LogP contribution in [-0.2, 0) is 25.5 Å². The molecule has 0 aliphatic heterocycles. The fourth-order valence-electron chi connectivity index (χ4n) is 2.35. The Morgan fingerprint density at radius 1 is 1.15 bits per heavy atom. The van der Waals surface area contributed by atoms with Gasteiger partial charge in [0.25, 0.3) is 5.91 Å². The molecular formula is C19H19ClN2O5. The summed E-state index contributed by atoms with van der Waals surface area (Å²) in [6.45, 7) is -0.566. The van der Waals surface area contributed by atoms with E-state index in [0.717, 1.165) is 5.56 Å². The van der Waals surface area contributed by atoms with Gasteiger partial charge in [-0.15, -0.1) is 0 Å². The van der Waals surface area contributed by atoms with Gasteiger partial charge in [-0.05, 0) is 23.8 Å². The lowest BCUT2D eigenvalue weighted by Crippen LogP contribution is -2.44. The lowest BCUT2D eigenvalue weighted by Gasteiger charge is -2.16. The summed E-state index contributed by atoms with van der Waals surface area (Å²) >= 11 is 5.78. The molecule has 0 aliphatic rings. The summed E-state index contributed by atoms with van der Waals surface area (Å²) in [4.78, 5) is 36.0. The van der Waals surface area contributed by atoms with Crippen molar-refractivity contribution >= 4 is 35.1 Å². The molecule has 1 amide bonds. The molecule has 0 aliphatic carbocycles. The molecule has 0 unspecified atom stereocenters. The number of benzene rings is 2. The first-order valence-electron chi connectivity index (χ1n) is 8.04. The minimum Gasteiger partial charge on any atom is -0.467 e. The Hall–Kier alpha value is -3.06. The van der Waals surface area contributed by atoms with Crippen molar-refractivity contribution < 1.29 is 23.9 Å². The van der Waals surface area contributed by atoms with Crippen LogP contribution in [0.4, 0.5) is 5.69 Å². The number of hydrogen-bond donors (Lipinski definition) is 2. The zero-order valence-electron chi connectivity index (χ0n) is 14.6. The van der Waals surface area contributed by atoms with Gasteiger partial charge < -0.3 is 20.5 Å². The van der Waals surface area contributed by atoms with E-state index in [1.54, 1.807) is 0 Å². The maximum atomic E-state index is 12.1. The van der Waals surface area contributed by atoms with Crippen LogP contribution in [0.5, 0.6) is 0 Å². The molecule has 0 spiro atoms. The first-order valence-corrected chi connectivity index (χ1v) is 8.41. The van der Waals surface area contributed by atoms with Crippen molar-refractivity contribution in [1.82, 2.24) is 5.32 Å². The molecule has 0 fully saturated rings. The number of nitrogens with one attached hydrogen (secondary N) is 1. The van der Waals surface area contributed by atoms with Gasteiger partial charge in [0.2, 0.25) is 0 Å². The van der Waals surface area contributed by atoms with Crippen LogP contribution in [0.1, 0.15) is 15.9 Å². The molecule has 0 radical (unpaired) electrons. The van der Waals surface area contributed by atoms with Gasteiger partial charge in [0.1, 0.15) is 6.04 Å². The van der Waals surface area contributed by atoms with E-state index in [-0.39, 0.29) is 17.7 Å². The van der Waals surface area contributed by atoms with Crippen molar-refractivity contribution in [2.24, 2.45) is 0 Å². The molecule has 2 rings (SSSR count).